The van der Waals surface area contributed by atoms with E-state index >= 15 is 0 Å². The van der Waals surface area contributed by atoms with Gasteiger partial charge in [0.25, 0.3) is 0 Å². The molecule has 0 amide bonds. The Labute approximate surface area is 140 Å². The van der Waals surface area contributed by atoms with Crippen LogP contribution in [0.4, 0.5) is 0 Å². The van der Waals surface area contributed by atoms with Crippen LogP contribution in [0.25, 0.3) is 0 Å². The summed E-state index contributed by atoms with van der Waals surface area (Å²) in [6.07, 6.45) is 10.1. The van der Waals surface area contributed by atoms with E-state index in [1.54, 1.807) is 0 Å². The summed E-state index contributed by atoms with van der Waals surface area (Å²) in [5, 5.41) is 7.95. The van der Waals surface area contributed by atoms with E-state index in [1.165, 1.54) is 58.2 Å². The molecule has 1 saturated carbocycles. The van der Waals surface area contributed by atoms with E-state index in [0.29, 0.717) is 6.04 Å². The maximum absolute atomic E-state index is 4.39. The van der Waals surface area contributed by atoms with Gasteiger partial charge in [-0.05, 0) is 70.3 Å². The number of hydrogen-bond donors (Lipinski definition) is 2. The minimum atomic E-state index is 0.608. The molecule has 0 bridgehead atoms. The van der Waals surface area contributed by atoms with Crippen molar-refractivity contribution in [1.82, 2.24) is 15.5 Å². The Bertz CT molecular complexity index is 340. The zero-order valence-electron chi connectivity index (χ0n) is 14.6. The number of guanidine groups is 1. The van der Waals surface area contributed by atoms with Gasteiger partial charge in [-0.25, -0.2) is 0 Å². The van der Waals surface area contributed by atoms with Gasteiger partial charge in [-0.2, -0.15) is 11.8 Å². The number of thioether (sulfide) groups is 1. The van der Waals surface area contributed by atoms with Crippen molar-refractivity contribution in [2.24, 2.45) is 10.9 Å². The molecule has 0 aromatic rings. The summed E-state index contributed by atoms with van der Waals surface area (Å²) in [6.45, 7) is 7.09. The van der Waals surface area contributed by atoms with Crippen LogP contribution in [0.2, 0.25) is 0 Å². The third-order valence-electron chi connectivity index (χ3n) is 5.28. The molecule has 128 valence electrons. The molecular weight excluding hydrogens is 292 g/mol. The maximum atomic E-state index is 4.39. The molecule has 1 aliphatic heterocycles. The van der Waals surface area contributed by atoms with Crippen molar-refractivity contribution in [2.75, 3.05) is 39.5 Å². The number of hydrogen-bond acceptors (Lipinski definition) is 3. The summed E-state index contributed by atoms with van der Waals surface area (Å²) < 4.78 is 0. The van der Waals surface area contributed by atoms with Crippen molar-refractivity contribution in [3.05, 3.63) is 0 Å². The highest BCUT2D eigenvalue weighted by atomic mass is 32.2. The van der Waals surface area contributed by atoms with E-state index in [4.69, 9.17) is 0 Å². The normalized spacial score (nSPS) is 28.0. The first-order valence-corrected chi connectivity index (χ1v) is 10.3. The zero-order chi connectivity index (χ0) is 15.8. The highest BCUT2D eigenvalue weighted by Gasteiger charge is 2.24. The van der Waals surface area contributed by atoms with Crippen LogP contribution < -0.4 is 10.6 Å². The van der Waals surface area contributed by atoms with Crippen LogP contribution in [0, 0.1) is 5.92 Å². The summed E-state index contributed by atoms with van der Waals surface area (Å²) in [4.78, 5) is 6.95. The van der Waals surface area contributed by atoms with Crippen LogP contribution in [0.5, 0.6) is 0 Å². The Kier molecular flexibility index (Phi) is 7.87. The van der Waals surface area contributed by atoms with Crippen molar-refractivity contribution < 1.29 is 0 Å². The Balaban J connectivity index is 1.61. The molecule has 2 aliphatic rings. The molecular formula is C17H34N4S. The Hall–Kier alpha value is -0.420. The highest BCUT2D eigenvalue weighted by molar-refractivity contribution is 7.99. The maximum Gasteiger partial charge on any atom is 0.191 e. The van der Waals surface area contributed by atoms with E-state index in [1.807, 2.05) is 18.8 Å². The van der Waals surface area contributed by atoms with E-state index in [-0.39, 0.29) is 0 Å². The molecule has 2 unspecified atom stereocenters. The molecule has 0 aromatic carbocycles. The van der Waals surface area contributed by atoms with Gasteiger partial charge >= 0.3 is 0 Å². The molecule has 5 heteroatoms. The second-order valence-electron chi connectivity index (χ2n) is 6.68. The third kappa shape index (κ3) is 5.65. The lowest BCUT2D eigenvalue weighted by Crippen LogP contribution is -2.43. The van der Waals surface area contributed by atoms with Gasteiger partial charge in [0, 0.05) is 24.9 Å². The van der Waals surface area contributed by atoms with Crippen LogP contribution >= 0.6 is 11.8 Å². The fourth-order valence-corrected chi connectivity index (χ4v) is 4.46. The zero-order valence-corrected chi connectivity index (χ0v) is 15.4. The molecule has 2 N–H and O–H groups in total. The molecule has 0 radical (unpaired) electrons. The Morgan fingerprint density at radius 1 is 1.23 bits per heavy atom. The number of nitrogens with one attached hydrogen (secondary N) is 2. The van der Waals surface area contributed by atoms with Crippen molar-refractivity contribution in [2.45, 2.75) is 56.7 Å². The van der Waals surface area contributed by atoms with Crippen molar-refractivity contribution in [3.63, 3.8) is 0 Å². The number of rotatable bonds is 6. The lowest BCUT2D eigenvalue weighted by Gasteiger charge is -2.31. The van der Waals surface area contributed by atoms with Crippen molar-refractivity contribution in [3.8, 4) is 0 Å². The third-order valence-corrected chi connectivity index (χ3v) is 6.38. The first-order valence-electron chi connectivity index (χ1n) is 8.97. The molecule has 1 aliphatic carbocycles. The van der Waals surface area contributed by atoms with Gasteiger partial charge in [0.2, 0.25) is 0 Å². The number of aliphatic imine (C=N–C) groups is 1. The standard InChI is InChI=1S/C17H34N4S/c1-4-21-11-8-14(9-12-21)7-10-19-17(18-2)20-15-5-6-16(13-15)22-3/h14-16H,4-13H2,1-3H3,(H2,18,19,20). The number of likely N-dealkylation sites (tertiary alicyclic amines) is 1. The van der Waals surface area contributed by atoms with E-state index < -0.39 is 0 Å². The van der Waals surface area contributed by atoms with E-state index in [0.717, 1.165) is 23.7 Å². The second kappa shape index (κ2) is 9.66. The fourth-order valence-electron chi connectivity index (χ4n) is 3.66. The highest BCUT2D eigenvalue weighted by Crippen LogP contribution is 2.28. The minimum Gasteiger partial charge on any atom is -0.356 e. The lowest BCUT2D eigenvalue weighted by atomic mass is 9.93. The number of nitrogens with zero attached hydrogens (tertiary/aromatic N) is 2. The average Bonchev–Trinajstić information content (AvgIpc) is 3.02. The summed E-state index contributed by atoms with van der Waals surface area (Å²) >= 11 is 2.01. The molecule has 2 fully saturated rings. The largest absolute Gasteiger partial charge is 0.356 e. The second-order valence-corrected chi connectivity index (χ2v) is 7.82. The van der Waals surface area contributed by atoms with E-state index in [9.17, 15) is 0 Å². The predicted octanol–water partition coefficient (Wildman–Crippen LogP) is 2.56. The number of piperidine rings is 1. The smallest absolute Gasteiger partial charge is 0.191 e. The molecule has 2 rings (SSSR count). The molecule has 1 saturated heterocycles. The van der Waals surface area contributed by atoms with Gasteiger partial charge in [-0.3, -0.25) is 4.99 Å². The molecule has 0 spiro atoms. The van der Waals surface area contributed by atoms with Crippen LogP contribution in [0.15, 0.2) is 4.99 Å². The van der Waals surface area contributed by atoms with Gasteiger partial charge < -0.3 is 15.5 Å². The molecule has 0 aromatic heterocycles. The van der Waals surface area contributed by atoms with Gasteiger partial charge in [0.15, 0.2) is 5.96 Å². The molecule has 1 heterocycles. The lowest BCUT2D eigenvalue weighted by molar-refractivity contribution is 0.187. The van der Waals surface area contributed by atoms with Crippen molar-refractivity contribution in [1.29, 1.82) is 0 Å². The van der Waals surface area contributed by atoms with Gasteiger partial charge in [0.05, 0.1) is 0 Å². The Morgan fingerprint density at radius 2 is 2.00 bits per heavy atom. The monoisotopic (exact) mass is 326 g/mol. The summed E-state index contributed by atoms with van der Waals surface area (Å²) in [6, 6.07) is 0.608. The van der Waals surface area contributed by atoms with Crippen LogP contribution in [-0.4, -0.2) is 61.6 Å². The predicted molar refractivity (Wildman–Crippen MR) is 98.9 cm³/mol. The van der Waals surface area contributed by atoms with Gasteiger partial charge in [-0.1, -0.05) is 6.92 Å². The van der Waals surface area contributed by atoms with Crippen molar-refractivity contribution >= 4 is 17.7 Å². The quantitative estimate of drug-likeness (QED) is 0.581. The molecule has 4 nitrogen and oxygen atoms in total. The average molecular weight is 327 g/mol. The van der Waals surface area contributed by atoms with Crippen LogP contribution in [-0.2, 0) is 0 Å². The topological polar surface area (TPSA) is 39.7 Å². The van der Waals surface area contributed by atoms with Crippen LogP contribution in [0.1, 0.15) is 45.4 Å². The summed E-state index contributed by atoms with van der Waals surface area (Å²) in [5.74, 6) is 1.89. The molecule has 22 heavy (non-hydrogen) atoms. The van der Waals surface area contributed by atoms with E-state index in [2.05, 4.69) is 33.7 Å². The minimum absolute atomic E-state index is 0.608. The SMILES string of the molecule is CCN1CCC(CCNC(=NC)NC2CCC(SC)C2)CC1. The summed E-state index contributed by atoms with van der Waals surface area (Å²) in [5.41, 5.74) is 0. The fraction of sp³-hybridized carbons (Fsp3) is 0.941. The molecule has 2 atom stereocenters. The van der Waals surface area contributed by atoms with Gasteiger partial charge in [0.1, 0.15) is 0 Å². The first-order chi connectivity index (χ1) is 10.7. The Morgan fingerprint density at radius 3 is 2.59 bits per heavy atom. The van der Waals surface area contributed by atoms with Crippen LogP contribution in [0.3, 0.4) is 0 Å². The first kappa shape index (κ1) is 17.9. The van der Waals surface area contributed by atoms with Gasteiger partial charge in [-0.15, -0.1) is 0 Å². The summed E-state index contributed by atoms with van der Waals surface area (Å²) in [7, 11) is 1.88.